The summed E-state index contributed by atoms with van der Waals surface area (Å²) in [5.41, 5.74) is 0.598. The number of carboxylic acids is 1. The van der Waals surface area contributed by atoms with Crippen LogP contribution in [0.1, 0.15) is 20.7 Å². The molecule has 0 bridgehead atoms. The topological polar surface area (TPSA) is 87.7 Å². The first-order chi connectivity index (χ1) is 12.2. The Morgan fingerprint density at radius 1 is 1.19 bits per heavy atom. The molecule has 26 heavy (non-hydrogen) atoms. The first kappa shape index (κ1) is 21.1. The molecule has 1 amide bonds. The van der Waals surface area contributed by atoms with Crippen LogP contribution in [0.25, 0.3) is 0 Å². The van der Waals surface area contributed by atoms with Crippen molar-refractivity contribution in [3.05, 3.63) is 54.0 Å². The summed E-state index contributed by atoms with van der Waals surface area (Å²) in [7, 11) is 1.45. The van der Waals surface area contributed by atoms with Crippen LogP contribution in [0.2, 0.25) is 0 Å². The van der Waals surface area contributed by atoms with Gasteiger partial charge in [-0.1, -0.05) is 15.9 Å². The van der Waals surface area contributed by atoms with Gasteiger partial charge in [0, 0.05) is 8.04 Å². The Balaban J connectivity index is 2.22. The number of thiocarbonyl (C=S) groups is 1. The second kappa shape index (κ2) is 9.11. The second-order valence-electron chi connectivity index (χ2n) is 4.87. The molecule has 0 aliphatic carbocycles. The van der Waals surface area contributed by atoms with Gasteiger partial charge in [0.05, 0.1) is 28.4 Å². The summed E-state index contributed by atoms with van der Waals surface area (Å²) >= 11 is 13.8. The number of hydrogen-bond donors (Lipinski definition) is 3. The van der Waals surface area contributed by atoms with Crippen LogP contribution < -0.4 is 15.4 Å². The quantitative estimate of drug-likeness (QED) is 0.344. The number of benzene rings is 2. The highest BCUT2D eigenvalue weighted by molar-refractivity contribution is 14.1. The number of anilines is 1. The molecule has 2 aromatic rings. The molecular formula is C16H11Br2IN2O4S. The number of ether oxygens (including phenoxy) is 1. The number of amides is 1. The molecule has 2 rings (SSSR count). The molecule has 0 radical (unpaired) electrons. The third-order valence-corrected chi connectivity index (χ3v) is 5.07. The predicted octanol–water partition coefficient (Wildman–Crippen LogP) is 4.65. The maximum absolute atomic E-state index is 12.5. The van der Waals surface area contributed by atoms with Crippen molar-refractivity contribution in [2.45, 2.75) is 0 Å². The molecular weight excluding hydrogens is 603 g/mol. The van der Waals surface area contributed by atoms with E-state index in [2.05, 4.69) is 42.5 Å². The van der Waals surface area contributed by atoms with Crippen LogP contribution in [0.15, 0.2) is 39.3 Å². The zero-order chi connectivity index (χ0) is 19.4. The zero-order valence-electron chi connectivity index (χ0n) is 13.1. The number of carboxylic acid groups (broad SMARTS) is 1. The van der Waals surface area contributed by atoms with Gasteiger partial charge in [-0.2, -0.15) is 0 Å². The lowest BCUT2D eigenvalue weighted by molar-refractivity contribution is 0.0697. The first-order valence-corrected chi connectivity index (χ1v) is 9.98. The molecule has 0 fully saturated rings. The smallest absolute Gasteiger partial charge is 0.337 e. The van der Waals surface area contributed by atoms with E-state index in [4.69, 9.17) is 17.0 Å². The standard InChI is InChI=1S/C16H11Br2IN2O4S/c1-25-13-10(4-7(17)5-11(13)18)14(22)21-16(26)20-12-3-2-8(19)6-9(12)15(23)24/h2-6H,1H3,(H,23,24)(H2,20,21,22,26). The summed E-state index contributed by atoms with van der Waals surface area (Å²) in [6.45, 7) is 0. The molecule has 0 atom stereocenters. The van der Waals surface area contributed by atoms with Crippen LogP contribution in [-0.4, -0.2) is 29.2 Å². The Morgan fingerprint density at radius 2 is 1.88 bits per heavy atom. The maximum Gasteiger partial charge on any atom is 0.337 e. The molecule has 6 nitrogen and oxygen atoms in total. The minimum Gasteiger partial charge on any atom is -0.495 e. The van der Waals surface area contributed by atoms with Crippen molar-refractivity contribution < 1.29 is 19.4 Å². The molecule has 3 N–H and O–H groups in total. The number of carbonyl (C=O) groups is 2. The van der Waals surface area contributed by atoms with Crippen molar-refractivity contribution in [2.75, 3.05) is 12.4 Å². The summed E-state index contributed by atoms with van der Waals surface area (Å²) in [5.74, 6) is -1.24. The lowest BCUT2D eigenvalue weighted by Gasteiger charge is -2.14. The largest absolute Gasteiger partial charge is 0.495 e. The predicted molar refractivity (Wildman–Crippen MR) is 118 cm³/mol. The van der Waals surface area contributed by atoms with Crippen LogP contribution in [0.4, 0.5) is 5.69 Å². The molecule has 0 aliphatic rings. The summed E-state index contributed by atoms with van der Waals surface area (Å²) in [6.07, 6.45) is 0. The Bertz CT molecular complexity index is 908. The van der Waals surface area contributed by atoms with E-state index < -0.39 is 11.9 Å². The van der Waals surface area contributed by atoms with Crippen molar-refractivity contribution in [2.24, 2.45) is 0 Å². The van der Waals surface area contributed by atoms with Gasteiger partial charge in [0.1, 0.15) is 5.75 Å². The molecule has 0 saturated heterocycles. The van der Waals surface area contributed by atoms with Gasteiger partial charge < -0.3 is 15.2 Å². The lowest BCUT2D eigenvalue weighted by Crippen LogP contribution is -2.34. The number of methoxy groups -OCH3 is 1. The van der Waals surface area contributed by atoms with Crippen LogP contribution in [0.5, 0.6) is 5.75 Å². The van der Waals surface area contributed by atoms with E-state index in [1.807, 2.05) is 22.6 Å². The SMILES string of the molecule is COc1c(Br)cc(Br)cc1C(=O)NC(=S)Nc1ccc(I)cc1C(=O)O. The maximum atomic E-state index is 12.5. The van der Waals surface area contributed by atoms with E-state index in [9.17, 15) is 14.7 Å². The molecule has 0 unspecified atom stereocenters. The fourth-order valence-corrected chi connectivity index (χ4v) is 4.14. The monoisotopic (exact) mass is 612 g/mol. The number of nitrogens with one attached hydrogen (secondary N) is 2. The Kier molecular flexibility index (Phi) is 7.38. The van der Waals surface area contributed by atoms with E-state index in [1.54, 1.807) is 24.3 Å². The third-order valence-electron chi connectivity index (χ3n) is 3.14. The van der Waals surface area contributed by atoms with Crippen molar-refractivity contribution in [1.29, 1.82) is 0 Å². The highest BCUT2D eigenvalue weighted by Gasteiger charge is 2.18. The van der Waals surface area contributed by atoms with Gasteiger partial charge in [0.2, 0.25) is 0 Å². The van der Waals surface area contributed by atoms with Gasteiger partial charge in [-0.3, -0.25) is 10.1 Å². The minimum absolute atomic E-state index is 0.0307. The molecule has 0 aliphatic heterocycles. The fourth-order valence-electron chi connectivity index (χ4n) is 2.06. The lowest BCUT2D eigenvalue weighted by atomic mass is 10.2. The van der Waals surface area contributed by atoms with Gasteiger partial charge in [0.25, 0.3) is 5.91 Å². The van der Waals surface area contributed by atoms with Crippen LogP contribution in [0, 0.1) is 3.57 Å². The van der Waals surface area contributed by atoms with Gasteiger partial charge in [-0.15, -0.1) is 0 Å². The molecule has 0 aromatic heterocycles. The average molecular weight is 614 g/mol. The second-order valence-corrected chi connectivity index (χ2v) is 8.30. The van der Waals surface area contributed by atoms with Gasteiger partial charge in [-0.05, 0) is 81.1 Å². The molecule has 0 saturated carbocycles. The van der Waals surface area contributed by atoms with Crippen LogP contribution in [0.3, 0.4) is 0 Å². The Hall–Kier alpha value is -1.24. The van der Waals surface area contributed by atoms with E-state index in [0.717, 1.165) is 3.57 Å². The van der Waals surface area contributed by atoms with Crippen LogP contribution >= 0.6 is 66.7 Å². The summed E-state index contributed by atoms with van der Waals surface area (Å²) in [5, 5.41) is 14.5. The number of halogens is 3. The van der Waals surface area contributed by atoms with Gasteiger partial charge in [0.15, 0.2) is 5.11 Å². The van der Waals surface area contributed by atoms with E-state index >= 15 is 0 Å². The number of aromatic carboxylic acids is 1. The normalized spacial score (nSPS) is 10.2. The highest BCUT2D eigenvalue weighted by atomic mass is 127. The molecule has 0 heterocycles. The van der Waals surface area contributed by atoms with E-state index in [-0.39, 0.29) is 21.9 Å². The minimum atomic E-state index is -1.10. The number of rotatable bonds is 4. The average Bonchev–Trinajstić information content (AvgIpc) is 2.55. The molecule has 10 heteroatoms. The summed E-state index contributed by atoms with van der Waals surface area (Å²) < 4.78 is 7.29. The van der Waals surface area contributed by atoms with Crippen LogP contribution in [-0.2, 0) is 0 Å². The van der Waals surface area contributed by atoms with E-state index in [0.29, 0.717) is 14.7 Å². The third kappa shape index (κ3) is 5.15. The van der Waals surface area contributed by atoms with Crippen molar-refractivity contribution in [3.8, 4) is 5.75 Å². The fraction of sp³-hybridized carbons (Fsp3) is 0.0625. The molecule has 2 aromatic carbocycles. The van der Waals surface area contributed by atoms with Crippen molar-refractivity contribution >= 4 is 89.3 Å². The zero-order valence-corrected chi connectivity index (χ0v) is 19.2. The van der Waals surface area contributed by atoms with Gasteiger partial charge in [-0.25, -0.2) is 4.79 Å². The highest BCUT2D eigenvalue weighted by Crippen LogP contribution is 2.32. The Labute approximate surface area is 185 Å². The molecule has 136 valence electrons. The van der Waals surface area contributed by atoms with Crippen molar-refractivity contribution in [3.63, 3.8) is 0 Å². The Morgan fingerprint density at radius 3 is 2.50 bits per heavy atom. The first-order valence-electron chi connectivity index (χ1n) is 6.91. The summed E-state index contributed by atoms with van der Waals surface area (Å²) in [4.78, 5) is 23.9. The molecule has 0 spiro atoms. The number of hydrogen-bond acceptors (Lipinski definition) is 4. The van der Waals surface area contributed by atoms with Gasteiger partial charge >= 0.3 is 5.97 Å². The van der Waals surface area contributed by atoms with E-state index in [1.165, 1.54) is 13.2 Å². The summed E-state index contributed by atoms with van der Waals surface area (Å²) in [6, 6.07) is 8.16. The van der Waals surface area contributed by atoms with Crippen molar-refractivity contribution in [1.82, 2.24) is 5.32 Å². The number of carbonyl (C=O) groups excluding carboxylic acids is 1.